The summed E-state index contributed by atoms with van der Waals surface area (Å²) in [6, 6.07) is 13.2. The van der Waals surface area contributed by atoms with E-state index < -0.39 is 15.9 Å². The highest BCUT2D eigenvalue weighted by molar-refractivity contribution is 7.90. The summed E-state index contributed by atoms with van der Waals surface area (Å²) in [5.41, 5.74) is 10.2. The molecule has 206 valence electrons. The molecule has 0 fully saturated rings. The third-order valence-electron chi connectivity index (χ3n) is 5.73. The van der Waals surface area contributed by atoms with Crippen molar-refractivity contribution in [3.63, 3.8) is 0 Å². The fraction of sp³-hybridized carbons (Fsp3) is 0.214. The number of carbonyl (C=O) groups is 1. The molecule has 0 aliphatic heterocycles. The van der Waals surface area contributed by atoms with Crippen LogP contribution in [0.15, 0.2) is 59.6 Å². The molecule has 4 aromatic rings. The first kappa shape index (κ1) is 27.5. The lowest BCUT2D eigenvalue weighted by Crippen LogP contribution is -2.31. The Balaban J connectivity index is 0.00000294. The van der Waals surface area contributed by atoms with Crippen LogP contribution in [0.4, 0.5) is 5.82 Å². The zero-order valence-electron chi connectivity index (χ0n) is 22.3. The molecule has 0 bridgehead atoms. The van der Waals surface area contributed by atoms with Crippen LogP contribution in [0.5, 0.6) is 17.5 Å². The molecule has 0 unspecified atom stereocenters. The Bertz CT molecular complexity index is 1660. The van der Waals surface area contributed by atoms with Crippen LogP contribution in [-0.2, 0) is 10.0 Å². The number of amides is 1. The van der Waals surface area contributed by atoms with Gasteiger partial charge in [-0.2, -0.15) is 0 Å². The van der Waals surface area contributed by atoms with Gasteiger partial charge in [0.15, 0.2) is 0 Å². The quantitative estimate of drug-likeness (QED) is 0.303. The van der Waals surface area contributed by atoms with Gasteiger partial charge in [-0.3, -0.25) is 4.79 Å². The van der Waals surface area contributed by atoms with Crippen molar-refractivity contribution >= 4 is 21.7 Å². The number of nitrogens with two attached hydrogens (primary N) is 1. The fourth-order valence-electron chi connectivity index (χ4n) is 4.11. The molecule has 4 rings (SSSR count). The van der Waals surface area contributed by atoms with Crippen LogP contribution < -0.4 is 19.9 Å². The van der Waals surface area contributed by atoms with E-state index in [1.54, 1.807) is 12.1 Å². The first-order valence-corrected chi connectivity index (χ1v) is 13.6. The summed E-state index contributed by atoms with van der Waals surface area (Å²) >= 11 is 0. The summed E-state index contributed by atoms with van der Waals surface area (Å²) < 4.78 is 39.7. The summed E-state index contributed by atoms with van der Waals surface area (Å²) in [5.74, 6) is -0.322. The van der Waals surface area contributed by atoms with Gasteiger partial charge in [0.25, 0.3) is 15.9 Å². The zero-order valence-corrected chi connectivity index (χ0v) is 23.1. The monoisotopic (exact) mass is 551 g/mol. The Morgan fingerprint density at radius 2 is 1.67 bits per heavy atom. The van der Waals surface area contributed by atoms with E-state index in [-0.39, 0.29) is 25.0 Å². The maximum atomic E-state index is 13.3. The maximum absolute atomic E-state index is 13.3. The number of ether oxygens (including phenoxy) is 2. The topological polar surface area (TPSA) is 146 Å². The largest absolute Gasteiger partial charge is 0.478 e. The van der Waals surface area contributed by atoms with Crippen molar-refractivity contribution in [1.82, 2.24) is 19.7 Å². The van der Waals surface area contributed by atoms with Crippen LogP contribution in [0.3, 0.4) is 0 Å². The molecule has 0 saturated carbocycles. The van der Waals surface area contributed by atoms with E-state index in [9.17, 15) is 13.2 Å². The molecule has 1 amide bonds. The highest BCUT2D eigenvalue weighted by Crippen LogP contribution is 2.33. The van der Waals surface area contributed by atoms with Gasteiger partial charge in [0.05, 0.1) is 18.0 Å². The number of rotatable bonds is 8. The number of nitrogen functional groups attached to an aromatic ring is 1. The summed E-state index contributed by atoms with van der Waals surface area (Å²) in [5, 5.41) is 0. The van der Waals surface area contributed by atoms with Crippen molar-refractivity contribution < 1.29 is 25.5 Å². The predicted molar refractivity (Wildman–Crippen MR) is 152 cm³/mol. The summed E-state index contributed by atoms with van der Waals surface area (Å²) in [7, 11) is -4.33. The van der Waals surface area contributed by atoms with E-state index in [0.717, 1.165) is 22.3 Å². The number of hydrogen-bond donors (Lipinski definition) is 2. The van der Waals surface area contributed by atoms with E-state index in [4.69, 9.17) is 15.2 Å². The van der Waals surface area contributed by atoms with E-state index >= 15 is 0 Å². The van der Waals surface area contributed by atoms with Gasteiger partial charge < -0.3 is 15.2 Å². The van der Waals surface area contributed by atoms with Gasteiger partial charge in [-0.25, -0.2) is 28.1 Å². The summed E-state index contributed by atoms with van der Waals surface area (Å²) in [6.45, 7) is 9.94. The standard InChI is InChI=1S/C28H29N5O5S.2H2/c1-6-37-24-15-17(3)14-22(31-24)21-10-9-20(27(34)33-39(35,36)23-8-7-11-30-26(23)29)28(32-21)38-25-18(4)12-16(2)13-19(25)5;;/h7-15H,6H2,1-5H3,(H2,29,30)(H,33,34);2*1H. The molecule has 39 heavy (non-hydrogen) atoms. The number of carbonyl (C=O) groups excluding carboxylic acids is 1. The SMILES string of the molecule is CCOc1cc(C)cc(-c2ccc(C(=O)NS(=O)(=O)c3cccnc3N)c(Oc3c(C)cc(C)cc3C)n2)n1.[HH].[HH]. The zero-order chi connectivity index (χ0) is 28.3. The molecular formula is C28H33N5O5S. The van der Waals surface area contributed by atoms with Crippen molar-refractivity contribution in [2.24, 2.45) is 0 Å². The molecule has 10 nitrogen and oxygen atoms in total. The second-order valence-electron chi connectivity index (χ2n) is 9.00. The first-order chi connectivity index (χ1) is 18.5. The average Bonchev–Trinajstić information content (AvgIpc) is 2.85. The van der Waals surface area contributed by atoms with Crippen molar-refractivity contribution in [2.45, 2.75) is 39.5 Å². The maximum Gasteiger partial charge on any atom is 0.270 e. The molecule has 0 saturated heterocycles. The van der Waals surface area contributed by atoms with Gasteiger partial charge >= 0.3 is 0 Å². The van der Waals surface area contributed by atoms with E-state index in [2.05, 4.69) is 15.0 Å². The molecule has 3 N–H and O–H groups in total. The van der Waals surface area contributed by atoms with Gasteiger partial charge in [0, 0.05) is 15.1 Å². The number of sulfonamides is 1. The Morgan fingerprint density at radius 3 is 2.33 bits per heavy atom. The summed E-state index contributed by atoms with van der Waals surface area (Å²) in [4.78, 5) is 25.9. The van der Waals surface area contributed by atoms with Gasteiger partial charge in [-0.05, 0) is 81.6 Å². The predicted octanol–water partition coefficient (Wildman–Crippen LogP) is 5.16. The van der Waals surface area contributed by atoms with Crippen molar-refractivity contribution in [1.29, 1.82) is 0 Å². The third-order valence-corrected chi connectivity index (χ3v) is 7.10. The number of aryl methyl sites for hydroxylation is 4. The van der Waals surface area contributed by atoms with Gasteiger partial charge in [-0.15, -0.1) is 0 Å². The van der Waals surface area contributed by atoms with Gasteiger partial charge in [0.1, 0.15) is 22.0 Å². The molecule has 3 heterocycles. The molecule has 0 atom stereocenters. The van der Waals surface area contributed by atoms with Crippen molar-refractivity contribution in [2.75, 3.05) is 12.3 Å². The number of aromatic nitrogens is 3. The van der Waals surface area contributed by atoms with Crippen molar-refractivity contribution in [3.05, 3.63) is 82.5 Å². The highest BCUT2D eigenvalue weighted by Gasteiger charge is 2.25. The Morgan fingerprint density at radius 1 is 0.974 bits per heavy atom. The molecule has 0 spiro atoms. The molecule has 0 aliphatic carbocycles. The number of hydrogen-bond acceptors (Lipinski definition) is 9. The number of pyridine rings is 3. The van der Waals surface area contributed by atoms with Crippen LogP contribution in [0.25, 0.3) is 11.4 Å². The van der Waals surface area contributed by atoms with Crippen LogP contribution in [-0.4, -0.2) is 35.9 Å². The Kier molecular flexibility index (Phi) is 7.82. The number of nitrogens with zero attached hydrogens (tertiary/aromatic N) is 3. The lowest BCUT2D eigenvalue weighted by molar-refractivity contribution is 0.0978. The second kappa shape index (κ2) is 11.1. The number of anilines is 1. The van der Waals surface area contributed by atoms with Crippen LogP contribution in [0, 0.1) is 27.7 Å². The minimum absolute atomic E-state index is 0. The first-order valence-electron chi connectivity index (χ1n) is 12.1. The molecular weight excluding hydrogens is 518 g/mol. The molecule has 3 aromatic heterocycles. The molecule has 0 radical (unpaired) electrons. The Hall–Kier alpha value is -4.51. The summed E-state index contributed by atoms with van der Waals surface area (Å²) in [6.07, 6.45) is 1.35. The lowest BCUT2D eigenvalue weighted by Gasteiger charge is -2.16. The van der Waals surface area contributed by atoms with Crippen LogP contribution >= 0.6 is 0 Å². The van der Waals surface area contributed by atoms with Crippen molar-refractivity contribution in [3.8, 4) is 28.9 Å². The third kappa shape index (κ3) is 6.15. The molecule has 0 aliphatic rings. The lowest BCUT2D eigenvalue weighted by atomic mass is 10.1. The fourth-order valence-corrected chi connectivity index (χ4v) is 5.16. The second-order valence-corrected chi connectivity index (χ2v) is 10.7. The normalized spacial score (nSPS) is 11.2. The highest BCUT2D eigenvalue weighted by atomic mass is 32.2. The number of nitrogens with one attached hydrogen (secondary N) is 1. The minimum atomic E-state index is -4.33. The van der Waals surface area contributed by atoms with Gasteiger partial charge in [-0.1, -0.05) is 17.7 Å². The smallest absolute Gasteiger partial charge is 0.270 e. The van der Waals surface area contributed by atoms with Crippen LogP contribution in [0.1, 0.15) is 42.4 Å². The van der Waals surface area contributed by atoms with Gasteiger partial charge in [0.2, 0.25) is 11.8 Å². The van der Waals surface area contributed by atoms with Crippen LogP contribution in [0.2, 0.25) is 0 Å². The minimum Gasteiger partial charge on any atom is -0.478 e. The van der Waals surface area contributed by atoms with E-state index in [1.165, 1.54) is 24.4 Å². The average molecular weight is 552 g/mol. The van der Waals surface area contributed by atoms with E-state index in [0.29, 0.717) is 29.6 Å². The van der Waals surface area contributed by atoms with E-state index in [1.807, 2.05) is 57.5 Å². The molecule has 11 heteroatoms. The number of benzene rings is 1. The Labute approximate surface area is 230 Å². The molecule has 1 aromatic carbocycles.